The molecule has 0 radical (unpaired) electrons. The summed E-state index contributed by atoms with van der Waals surface area (Å²) in [6.07, 6.45) is 1.50. The molecule has 0 aromatic heterocycles. The van der Waals surface area contributed by atoms with Crippen molar-refractivity contribution in [2.24, 2.45) is 5.10 Å². The van der Waals surface area contributed by atoms with E-state index in [1.165, 1.54) is 6.21 Å². The van der Waals surface area contributed by atoms with Crippen molar-refractivity contribution < 1.29 is 23.8 Å². The third kappa shape index (κ3) is 7.70. The second kappa shape index (κ2) is 11.9. The topological polar surface area (TPSA) is 98.2 Å². The highest BCUT2D eigenvalue weighted by atomic mass is 16.5. The summed E-state index contributed by atoms with van der Waals surface area (Å²) >= 11 is 0. The summed E-state index contributed by atoms with van der Waals surface area (Å²) < 4.78 is 16.0. The number of hydrogen-bond donors (Lipinski definition) is 2. The summed E-state index contributed by atoms with van der Waals surface area (Å²) in [6, 6.07) is 21.4. The number of methoxy groups -OCH3 is 1. The predicted molar refractivity (Wildman–Crippen MR) is 126 cm³/mol. The van der Waals surface area contributed by atoms with Gasteiger partial charge in [-0.1, -0.05) is 18.2 Å². The van der Waals surface area contributed by atoms with Crippen molar-refractivity contribution in [3.05, 3.63) is 83.9 Å². The first-order valence-electron chi connectivity index (χ1n) is 10.2. The predicted octanol–water partition coefficient (Wildman–Crippen LogP) is 3.55. The number of rotatable bonds is 10. The van der Waals surface area contributed by atoms with Crippen molar-refractivity contribution in [1.82, 2.24) is 5.43 Å². The van der Waals surface area contributed by atoms with E-state index in [2.05, 4.69) is 15.8 Å². The van der Waals surface area contributed by atoms with Gasteiger partial charge < -0.3 is 19.5 Å². The number of nitrogens with zero attached hydrogens (tertiary/aromatic N) is 1. The van der Waals surface area contributed by atoms with Crippen LogP contribution >= 0.6 is 0 Å². The smallest absolute Gasteiger partial charge is 0.277 e. The maximum Gasteiger partial charge on any atom is 0.277 e. The van der Waals surface area contributed by atoms with Crippen LogP contribution in [0.5, 0.6) is 17.2 Å². The first-order chi connectivity index (χ1) is 16.0. The summed E-state index contributed by atoms with van der Waals surface area (Å²) in [5.74, 6) is 1.18. The van der Waals surface area contributed by atoms with Crippen molar-refractivity contribution >= 4 is 23.7 Å². The van der Waals surface area contributed by atoms with E-state index in [0.29, 0.717) is 17.2 Å². The molecule has 0 bridgehead atoms. The molecule has 0 aliphatic carbocycles. The van der Waals surface area contributed by atoms with Gasteiger partial charge in [0.05, 0.1) is 13.3 Å². The molecule has 0 atom stereocenters. The summed E-state index contributed by atoms with van der Waals surface area (Å²) in [6.45, 7) is 1.65. The number of carbonyl (C=O) groups is 2. The molecule has 33 heavy (non-hydrogen) atoms. The van der Waals surface area contributed by atoms with Gasteiger partial charge in [-0.2, -0.15) is 5.10 Å². The molecule has 0 saturated heterocycles. The fourth-order valence-electron chi connectivity index (χ4n) is 2.73. The van der Waals surface area contributed by atoms with Crippen molar-refractivity contribution in [2.45, 2.75) is 6.92 Å². The summed E-state index contributed by atoms with van der Waals surface area (Å²) in [5, 5.41) is 6.73. The van der Waals surface area contributed by atoms with Crippen molar-refractivity contribution in [3.63, 3.8) is 0 Å². The van der Waals surface area contributed by atoms with Crippen molar-refractivity contribution in [3.8, 4) is 17.2 Å². The minimum Gasteiger partial charge on any atom is -0.497 e. The van der Waals surface area contributed by atoms with Crippen LogP contribution in [0.15, 0.2) is 77.9 Å². The average Bonchev–Trinajstić information content (AvgIpc) is 2.84. The number of nitrogens with one attached hydrogen (secondary N) is 2. The fourth-order valence-corrected chi connectivity index (χ4v) is 2.73. The number of aryl methyl sites for hydroxylation is 1. The highest BCUT2D eigenvalue weighted by molar-refractivity contribution is 5.92. The SMILES string of the molecule is COc1ccc(OCC(=O)N/N=C/c2ccc(OCC(=O)Nc3ccccc3C)cc2)cc1. The van der Waals surface area contributed by atoms with Crippen LogP contribution in [0.25, 0.3) is 0 Å². The Morgan fingerprint density at radius 3 is 2.03 bits per heavy atom. The molecule has 2 amide bonds. The number of benzene rings is 3. The lowest BCUT2D eigenvalue weighted by Gasteiger charge is -2.09. The molecule has 0 spiro atoms. The number of ether oxygens (including phenoxy) is 3. The van der Waals surface area contributed by atoms with E-state index in [-0.39, 0.29) is 25.0 Å². The van der Waals surface area contributed by atoms with Crippen LogP contribution in [0.4, 0.5) is 5.69 Å². The number of hydrazone groups is 1. The number of amides is 2. The van der Waals surface area contributed by atoms with E-state index in [0.717, 1.165) is 16.8 Å². The first-order valence-corrected chi connectivity index (χ1v) is 10.2. The van der Waals surface area contributed by atoms with Gasteiger partial charge in [0.2, 0.25) is 0 Å². The molecule has 0 heterocycles. The lowest BCUT2D eigenvalue weighted by atomic mass is 10.2. The zero-order chi connectivity index (χ0) is 23.5. The van der Waals surface area contributed by atoms with Gasteiger partial charge in [-0.3, -0.25) is 9.59 Å². The molecule has 3 rings (SSSR count). The van der Waals surface area contributed by atoms with E-state index in [9.17, 15) is 9.59 Å². The Bertz CT molecular complexity index is 1100. The summed E-state index contributed by atoms with van der Waals surface area (Å²) in [7, 11) is 1.58. The van der Waals surface area contributed by atoms with Crippen LogP contribution in [0.2, 0.25) is 0 Å². The Labute approximate surface area is 192 Å². The van der Waals surface area contributed by atoms with E-state index < -0.39 is 0 Å². The van der Waals surface area contributed by atoms with Crippen LogP contribution in [0.1, 0.15) is 11.1 Å². The number of anilines is 1. The molecule has 8 nitrogen and oxygen atoms in total. The maximum atomic E-state index is 12.1. The Balaban J connectivity index is 1.38. The Morgan fingerprint density at radius 2 is 1.39 bits per heavy atom. The van der Waals surface area contributed by atoms with Gasteiger partial charge in [0.25, 0.3) is 11.8 Å². The largest absolute Gasteiger partial charge is 0.497 e. The first kappa shape index (κ1) is 23.3. The monoisotopic (exact) mass is 447 g/mol. The van der Waals surface area contributed by atoms with Crippen molar-refractivity contribution in [1.29, 1.82) is 0 Å². The molecule has 0 unspecified atom stereocenters. The lowest BCUT2D eigenvalue weighted by Crippen LogP contribution is -2.24. The highest BCUT2D eigenvalue weighted by Crippen LogP contribution is 2.17. The number of para-hydroxylation sites is 1. The Hall–Kier alpha value is -4.33. The van der Waals surface area contributed by atoms with E-state index in [1.54, 1.807) is 55.6 Å². The maximum absolute atomic E-state index is 12.1. The lowest BCUT2D eigenvalue weighted by molar-refractivity contribution is -0.123. The highest BCUT2D eigenvalue weighted by Gasteiger charge is 2.06. The van der Waals surface area contributed by atoms with E-state index in [4.69, 9.17) is 14.2 Å². The molecule has 0 aliphatic rings. The number of hydrogen-bond acceptors (Lipinski definition) is 6. The van der Waals surface area contributed by atoms with Gasteiger partial charge in [0, 0.05) is 5.69 Å². The molecule has 8 heteroatoms. The molecule has 2 N–H and O–H groups in total. The van der Waals surface area contributed by atoms with E-state index in [1.807, 2.05) is 31.2 Å². The molecular weight excluding hydrogens is 422 g/mol. The molecule has 170 valence electrons. The standard InChI is InChI=1S/C25H25N3O5/c1-18-5-3-4-6-23(18)27-24(29)16-32-21-9-7-19(8-10-21)15-26-28-25(30)17-33-22-13-11-20(31-2)12-14-22/h3-15H,16-17H2,1-2H3,(H,27,29)(H,28,30)/b26-15+. The van der Waals surface area contributed by atoms with Crippen LogP contribution in [0, 0.1) is 6.92 Å². The van der Waals surface area contributed by atoms with Gasteiger partial charge in [-0.05, 0) is 72.6 Å². The Morgan fingerprint density at radius 1 is 0.818 bits per heavy atom. The Kier molecular flexibility index (Phi) is 8.41. The van der Waals surface area contributed by atoms with Gasteiger partial charge in [-0.25, -0.2) is 5.43 Å². The second-order valence-electron chi connectivity index (χ2n) is 6.98. The molecule has 3 aromatic rings. The van der Waals surface area contributed by atoms with Crippen LogP contribution in [0.3, 0.4) is 0 Å². The quantitative estimate of drug-likeness (QED) is 0.366. The van der Waals surface area contributed by atoms with Gasteiger partial charge in [0.15, 0.2) is 13.2 Å². The molecule has 3 aromatic carbocycles. The van der Waals surface area contributed by atoms with Gasteiger partial charge in [-0.15, -0.1) is 0 Å². The van der Waals surface area contributed by atoms with E-state index >= 15 is 0 Å². The van der Waals surface area contributed by atoms with Crippen LogP contribution in [-0.2, 0) is 9.59 Å². The minimum absolute atomic E-state index is 0.105. The third-order valence-corrected chi connectivity index (χ3v) is 4.50. The molecular formula is C25H25N3O5. The molecule has 0 fully saturated rings. The molecule has 0 aliphatic heterocycles. The minimum atomic E-state index is -0.387. The van der Waals surface area contributed by atoms with Crippen molar-refractivity contribution in [2.75, 3.05) is 25.6 Å². The zero-order valence-corrected chi connectivity index (χ0v) is 18.4. The molecule has 0 saturated carbocycles. The average molecular weight is 447 g/mol. The zero-order valence-electron chi connectivity index (χ0n) is 18.4. The van der Waals surface area contributed by atoms with Gasteiger partial charge in [0.1, 0.15) is 17.2 Å². The number of carbonyl (C=O) groups excluding carboxylic acids is 2. The van der Waals surface area contributed by atoms with Crippen LogP contribution < -0.4 is 25.0 Å². The second-order valence-corrected chi connectivity index (χ2v) is 6.98. The van der Waals surface area contributed by atoms with Crippen LogP contribution in [-0.4, -0.2) is 38.4 Å². The summed E-state index contributed by atoms with van der Waals surface area (Å²) in [5.41, 5.74) is 4.89. The summed E-state index contributed by atoms with van der Waals surface area (Å²) in [4.78, 5) is 23.9. The van der Waals surface area contributed by atoms with Gasteiger partial charge >= 0.3 is 0 Å². The normalized spacial score (nSPS) is 10.5. The fraction of sp³-hybridized carbons (Fsp3) is 0.160. The third-order valence-electron chi connectivity index (χ3n) is 4.50.